The molecule has 2 aromatic carbocycles. The summed E-state index contributed by atoms with van der Waals surface area (Å²) in [5.74, 6) is -2.15. The zero-order chi connectivity index (χ0) is 17.0. The third-order valence-electron chi connectivity index (χ3n) is 2.77. The highest BCUT2D eigenvalue weighted by atomic mass is 35.6. The summed E-state index contributed by atoms with van der Waals surface area (Å²) in [4.78, 5) is 0. The molecule has 0 fully saturated rings. The third kappa shape index (κ3) is 5.77. The van der Waals surface area contributed by atoms with E-state index in [1.165, 1.54) is 24.3 Å². The Kier molecular flexibility index (Phi) is 6.03. The summed E-state index contributed by atoms with van der Waals surface area (Å²) in [5.41, 5.74) is 0.556. The van der Waals surface area contributed by atoms with E-state index in [1.807, 2.05) is 0 Å². The van der Waals surface area contributed by atoms with Gasteiger partial charge in [0.15, 0.2) is 0 Å². The number of halogens is 6. The van der Waals surface area contributed by atoms with Crippen molar-refractivity contribution in [3.63, 3.8) is 0 Å². The van der Waals surface area contributed by atoms with Crippen molar-refractivity contribution in [3.8, 4) is 0 Å². The summed E-state index contributed by atoms with van der Waals surface area (Å²) in [6.07, 6.45) is 0. The zero-order valence-electron chi connectivity index (χ0n) is 11.6. The minimum Gasteiger partial charge on any atom is -0.372 e. The summed E-state index contributed by atoms with van der Waals surface area (Å²) < 4.78 is 44.0. The first-order valence-corrected chi connectivity index (χ1v) is 7.53. The van der Waals surface area contributed by atoms with Crippen LogP contribution in [-0.2, 0) is 11.3 Å². The Bertz CT molecular complexity index is 692. The molecule has 0 amide bonds. The average Bonchev–Trinajstić information content (AvgIpc) is 2.44. The van der Waals surface area contributed by atoms with Crippen LogP contribution < -0.4 is 5.32 Å². The zero-order valence-corrected chi connectivity index (χ0v) is 13.8. The second kappa shape index (κ2) is 7.62. The van der Waals surface area contributed by atoms with Crippen molar-refractivity contribution < 1.29 is 17.9 Å². The van der Waals surface area contributed by atoms with Crippen molar-refractivity contribution >= 4 is 46.2 Å². The quantitative estimate of drug-likeness (QED) is 0.664. The van der Waals surface area contributed by atoms with E-state index in [2.05, 4.69) is 5.32 Å². The first kappa shape index (κ1) is 18.2. The lowest BCUT2D eigenvalue weighted by Gasteiger charge is -2.13. The number of rotatable bonds is 5. The smallest absolute Gasteiger partial charge is 0.213 e. The number of alkyl halides is 3. The van der Waals surface area contributed by atoms with Crippen LogP contribution in [0.3, 0.4) is 0 Å². The SMILES string of the molecule is Fc1ccc(Nc2cc(COCC(Cl)(Cl)Cl)ccc2F)c(F)c1. The van der Waals surface area contributed by atoms with Crippen molar-refractivity contribution in [1.29, 1.82) is 0 Å². The van der Waals surface area contributed by atoms with Crippen LogP contribution in [0.2, 0.25) is 0 Å². The van der Waals surface area contributed by atoms with Gasteiger partial charge in [-0.15, -0.1) is 0 Å². The van der Waals surface area contributed by atoms with Crippen LogP contribution in [0.1, 0.15) is 5.56 Å². The summed E-state index contributed by atoms with van der Waals surface area (Å²) in [5, 5.41) is 2.56. The Balaban J connectivity index is 2.11. The van der Waals surface area contributed by atoms with Gasteiger partial charge in [0.2, 0.25) is 3.79 Å². The topological polar surface area (TPSA) is 21.3 Å². The third-order valence-corrected chi connectivity index (χ3v) is 3.09. The van der Waals surface area contributed by atoms with Crippen LogP contribution in [0.4, 0.5) is 24.5 Å². The molecule has 2 aromatic rings. The number of hydrogen-bond donors (Lipinski definition) is 1. The Hall–Kier alpha value is -1.14. The molecule has 0 unspecified atom stereocenters. The fourth-order valence-electron chi connectivity index (χ4n) is 1.78. The molecule has 0 aromatic heterocycles. The first-order chi connectivity index (χ1) is 10.7. The number of anilines is 2. The van der Waals surface area contributed by atoms with E-state index in [0.29, 0.717) is 11.6 Å². The van der Waals surface area contributed by atoms with Crippen molar-refractivity contribution in [3.05, 3.63) is 59.4 Å². The van der Waals surface area contributed by atoms with Crippen molar-refractivity contribution in [2.75, 3.05) is 11.9 Å². The van der Waals surface area contributed by atoms with E-state index in [0.717, 1.165) is 6.07 Å². The molecule has 0 radical (unpaired) electrons. The van der Waals surface area contributed by atoms with Crippen LogP contribution >= 0.6 is 34.8 Å². The lowest BCUT2D eigenvalue weighted by atomic mass is 10.2. The Morgan fingerprint density at radius 1 is 0.913 bits per heavy atom. The van der Waals surface area contributed by atoms with E-state index in [4.69, 9.17) is 39.5 Å². The summed E-state index contributed by atoms with van der Waals surface area (Å²) in [7, 11) is 0. The Morgan fingerprint density at radius 3 is 2.30 bits per heavy atom. The fraction of sp³-hybridized carbons (Fsp3) is 0.200. The van der Waals surface area contributed by atoms with E-state index in [9.17, 15) is 13.2 Å². The predicted octanol–water partition coefficient (Wildman–Crippen LogP) is 5.73. The van der Waals surface area contributed by atoms with Crippen LogP contribution in [0.15, 0.2) is 36.4 Å². The largest absolute Gasteiger partial charge is 0.372 e. The minimum atomic E-state index is -1.54. The average molecular weight is 385 g/mol. The first-order valence-electron chi connectivity index (χ1n) is 6.39. The molecule has 0 spiro atoms. The molecule has 2 nitrogen and oxygen atoms in total. The fourth-order valence-corrected chi connectivity index (χ4v) is 2.01. The van der Waals surface area contributed by atoms with Gasteiger partial charge in [-0.05, 0) is 29.8 Å². The standard InChI is InChI=1S/C15H11Cl3F3NO/c16-15(17,18)8-23-7-9-1-3-11(20)14(5-9)22-13-4-2-10(19)6-12(13)21/h1-6,22H,7-8H2. The molecule has 1 N–H and O–H groups in total. The maximum Gasteiger partial charge on any atom is 0.213 e. The summed E-state index contributed by atoms with van der Waals surface area (Å²) in [6, 6.07) is 7.05. The van der Waals surface area contributed by atoms with Crippen LogP contribution in [0.25, 0.3) is 0 Å². The van der Waals surface area contributed by atoms with Gasteiger partial charge in [-0.3, -0.25) is 0 Å². The van der Waals surface area contributed by atoms with Gasteiger partial charge in [0.05, 0.1) is 24.6 Å². The number of ether oxygens (including phenoxy) is 1. The monoisotopic (exact) mass is 383 g/mol. The molecular weight excluding hydrogens is 374 g/mol. The summed E-state index contributed by atoms with van der Waals surface area (Å²) >= 11 is 16.7. The molecule has 0 saturated heterocycles. The molecule has 0 aliphatic carbocycles. The number of nitrogens with one attached hydrogen (secondary N) is 1. The van der Waals surface area contributed by atoms with Crippen molar-refractivity contribution in [1.82, 2.24) is 0 Å². The molecule has 0 aliphatic heterocycles. The molecule has 23 heavy (non-hydrogen) atoms. The molecule has 0 atom stereocenters. The second-order valence-electron chi connectivity index (χ2n) is 4.67. The van der Waals surface area contributed by atoms with E-state index in [1.54, 1.807) is 0 Å². The molecule has 0 bridgehead atoms. The van der Waals surface area contributed by atoms with E-state index < -0.39 is 21.2 Å². The van der Waals surface area contributed by atoms with Crippen LogP contribution in [-0.4, -0.2) is 10.4 Å². The maximum atomic E-state index is 13.8. The van der Waals surface area contributed by atoms with Crippen molar-refractivity contribution in [2.45, 2.75) is 10.4 Å². The van der Waals surface area contributed by atoms with Gasteiger partial charge >= 0.3 is 0 Å². The normalized spacial score (nSPS) is 11.6. The summed E-state index contributed by atoms with van der Waals surface area (Å²) in [6.45, 7) is -0.0564. The van der Waals surface area contributed by atoms with Crippen LogP contribution in [0, 0.1) is 17.5 Å². The lowest BCUT2D eigenvalue weighted by molar-refractivity contribution is 0.126. The van der Waals surface area contributed by atoms with Gasteiger partial charge in [0, 0.05) is 6.07 Å². The van der Waals surface area contributed by atoms with E-state index >= 15 is 0 Å². The lowest BCUT2D eigenvalue weighted by Crippen LogP contribution is -2.12. The van der Waals surface area contributed by atoms with E-state index in [-0.39, 0.29) is 24.6 Å². The minimum absolute atomic E-state index is 0.0190. The Morgan fingerprint density at radius 2 is 1.65 bits per heavy atom. The Labute approximate surface area is 146 Å². The highest BCUT2D eigenvalue weighted by molar-refractivity contribution is 6.67. The molecule has 0 saturated carbocycles. The van der Waals surface area contributed by atoms with Gasteiger partial charge < -0.3 is 10.1 Å². The number of hydrogen-bond acceptors (Lipinski definition) is 2. The molecule has 0 heterocycles. The predicted molar refractivity (Wildman–Crippen MR) is 86.0 cm³/mol. The number of benzene rings is 2. The van der Waals surface area contributed by atoms with Gasteiger partial charge in [0.1, 0.15) is 17.5 Å². The second-order valence-corrected chi connectivity index (χ2v) is 7.19. The molecule has 0 aliphatic rings. The highest BCUT2D eigenvalue weighted by Gasteiger charge is 2.19. The molecule has 8 heteroatoms. The van der Waals surface area contributed by atoms with Crippen molar-refractivity contribution in [2.24, 2.45) is 0 Å². The maximum absolute atomic E-state index is 13.8. The van der Waals surface area contributed by atoms with Gasteiger partial charge in [-0.25, -0.2) is 13.2 Å². The molecule has 124 valence electrons. The van der Waals surface area contributed by atoms with Gasteiger partial charge in [-0.1, -0.05) is 40.9 Å². The highest BCUT2D eigenvalue weighted by Crippen LogP contribution is 2.27. The molecular formula is C15H11Cl3F3NO. The van der Waals surface area contributed by atoms with Gasteiger partial charge in [0.25, 0.3) is 0 Å². The van der Waals surface area contributed by atoms with Crippen LogP contribution in [0.5, 0.6) is 0 Å². The molecule has 2 rings (SSSR count). The van der Waals surface area contributed by atoms with Gasteiger partial charge in [-0.2, -0.15) is 0 Å².